The molecule has 5 nitrogen and oxygen atoms in total. The average Bonchev–Trinajstić information content (AvgIpc) is 2.42. The van der Waals surface area contributed by atoms with E-state index < -0.39 is 5.97 Å². The molecule has 0 bridgehead atoms. The normalized spacial score (nSPS) is 10.7. The summed E-state index contributed by atoms with van der Waals surface area (Å²) in [7, 11) is 3.78. The third-order valence-corrected chi connectivity index (χ3v) is 4.20. The Morgan fingerprint density at radius 3 is 2.33 bits per heavy atom. The van der Waals surface area contributed by atoms with Crippen LogP contribution < -0.4 is 0 Å². The van der Waals surface area contributed by atoms with Crippen LogP contribution in [0.25, 0.3) is 0 Å². The predicted octanol–water partition coefficient (Wildman–Crippen LogP) is 2.02. The molecule has 0 heterocycles. The van der Waals surface area contributed by atoms with Gasteiger partial charge in [0, 0.05) is 22.5 Å². The molecular formula is C14H19BrN2O3S. The van der Waals surface area contributed by atoms with E-state index in [2.05, 4.69) is 15.9 Å². The number of hydrogen-bond donors (Lipinski definition) is 1. The largest absolute Gasteiger partial charge is 0.480 e. The molecule has 0 aliphatic carbocycles. The highest BCUT2D eigenvalue weighted by Gasteiger charge is 2.16. The number of benzene rings is 1. The summed E-state index contributed by atoms with van der Waals surface area (Å²) in [6.07, 6.45) is 0. The van der Waals surface area contributed by atoms with E-state index in [-0.39, 0.29) is 18.2 Å². The Morgan fingerprint density at radius 2 is 1.81 bits per heavy atom. The number of carbonyl (C=O) groups is 2. The molecule has 0 saturated carbocycles. The average molecular weight is 375 g/mol. The first-order valence-corrected chi connectivity index (χ1v) is 8.19. The van der Waals surface area contributed by atoms with Gasteiger partial charge in [-0.1, -0.05) is 15.9 Å². The zero-order chi connectivity index (χ0) is 15.8. The van der Waals surface area contributed by atoms with Crippen molar-refractivity contribution in [1.29, 1.82) is 0 Å². The minimum Gasteiger partial charge on any atom is -0.480 e. The van der Waals surface area contributed by atoms with Crippen LogP contribution in [0.2, 0.25) is 0 Å². The fourth-order valence-corrected chi connectivity index (χ4v) is 2.61. The van der Waals surface area contributed by atoms with Crippen molar-refractivity contribution in [3.05, 3.63) is 28.7 Å². The zero-order valence-electron chi connectivity index (χ0n) is 12.1. The molecule has 0 aromatic heterocycles. The molecule has 1 N–H and O–H groups in total. The Bertz CT molecular complexity index is 480. The van der Waals surface area contributed by atoms with Crippen LogP contribution in [0.15, 0.2) is 33.6 Å². The van der Waals surface area contributed by atoms with E-state index in [1.54, 1.807) is 0 Å². The molecule has 0 fully saturated rings. The van der Waals surface area contributed by atoms with Gasteiger partial charge in [-0.05, 0) is 38.4 Å². The smallest absolute Gasteiger partial charge is 0.323 e. The lowest BCUT2D eigenvalue weighted by Crippen LogP contribution is -2.40. The summed E-state index contributed by atoms with van der Waals surface area (Å²) in [5.74, 6) is -0.912. The zero-order valence-corrected chi connectivity index (χ0v) is 14.5. The number of rotatable bonds is 8. The number of carbonyl (C=O) groups excluding carboxylic acids is 1. The van der Waals surface area contributed by atoms with Crippen molar-refractivity contribution in [2.24, 2.45) is 0 Å². The first-order valence-electron chi connectivity index (χ1n) is 6.41. The van der Waals surface area contributed by atoms with Crippen molar-refractivity contribution >= 4 is 39.6 Å². The van der Waals surface area contributed by atoms with Crippen LogP contribution in [-0.4, -0.2) is 66.3 Å². The van der Waals surface area contributed by atoms with Crippen LogP contribution in [0, 0.1) is 0 Å². The van der Waals surface area contributed by atoms with Crippen LogP contribution in [-0.2, 0) is 9.59 Å². The van der Waals surface area contributed by atoms with Crippen molar-refractivity contribution < 1.29 is 14.7 Å². The molecule has 116 valence electrons. The van der Waals surface area contributed by atoms with Crippen molar-refractivity contribution in [2.75, 3.05) is 39.5 Å². The monoisotopic (exact) mass is 374 g/mol. The lowest BCUT2D eigenvalue weighted by atomic mass is 10.4. The van der Waals surface area contributed by atoms with E-state index in [1.807, 2.05) is 43.3 Å². The summed E-state index contributed by atoms with van der Waals surface area (Å²) >= 11 is 4.76. The molecule has 0 radical (unpaired) electrons. The molecule has 7 heteroatoms. The Balaban J connectivity index is 2.54. The van der Waals surface area contributed by atoms with Gasteiger partial charge in [0.1, 0.15) is 6.54 Å². The molecule has 0 spiro atoms. The number of halogens is 1. The second-order valence-electron chi connectivity index (χ2n) is 4.75. The maximum absolute atomic E-state index is 12.1. The Kier molecular flexibility index (Phi) is 7.77. The quantitative estimate of drug-likeness (QED) is 0.705. The van der Waals surface area contributed by atoms with Gasteiger partial charge in [0.15, 0.2) is 0 Å². The van der Waals surface area contributed by atoms with Crippen molar-refractivity contribution in [1.82, 2.24) is 9.80 Å². The Morgan fingerprint density at radius 1 is 1.19 bits per heavy atom. The van der Waals surface area contributed by atoms with Gasteiger partial charge in [-0.25, -0.2) is 0 Å². The van der Waals surface area contributed by atoms with Gasteiger partial charge in [0.2, 0.25) is 5.91 Å². The highest BCUT2D eigenvalue weighted by molar-refractivity contribution is 9.10. The number of likely N-dealkylation sites (N-methyl/N-ethyl adjacent to an activating group) is 1. The van der Waals surface area contributed by atoms with Crippen LogP contribution >= 0.6 is 27.7 Å². The fourth-order valence-electron chi connectivity index (χ4n) is 1.54. The summed E-state index contributed by atoms with van der Waals surface area (Å²) in [5.41, 5.74) is 0. The topological polar surface area (TPSA) is 60.9 Å². The van der Waals surface area contributed by atoms with E-state index in [4.69, 9.17) is 5.11 Å². The van der Waals surface area contributed by atoms with Gasteiger partial charge in [0.05, 0.1) is 5.75 Å². The van der Waals surface area contributed by atoms with Gasteiger partial charge in [0.25, 0.3) is 0 Å². The first-order chi connectivity index (χ1) is 9.88. The number of hydrogen-bond acceptors (Lipinski definition) is 4. The molecule has 1 aromatic rings. The lowest BCUT2D eigenvalue weighted by Gasteiger charge is -2.22. The number of carboxylic acid groups (broad SMARTS) is 1. The van der Waals surface area contributed by atoms with Crippen LogP contribution in [0.5, 0.6) is 0 Å². The molecule has 1 amide bonds. The van der Waals surface area contributed by atoms with Crippen molar-refractivity contribution in [2.45, 2.75) is 4.90 Å². The molecule has 0 aliphatic rings. The highest BCUT2D eigenvalue weighted by Crippen LogP contribution is 2.20. The summed E-state index contributed by atoms with van der Waals surface area (Å²) in [5, 5.41) is 8.89. The van der Waals surface area contributed by atoms with E-state index in [9.17, 15) is 9.59 Å². The minimum absolute atomic E-state index is 0.160. The van der Waals surface area contributed by atoms with Crippen LogP contribution in [0.3, 0.4) is 0 Å². The van der Waals surface area contributed by atoms with Crippen molar-refractivity contribution in [3.63, 3.8) is 0 Å². The summed E-state index contributed by atoms with van der Waals surface area (Å²) in [6.45, 7) is 0.800. The standard InChI is InChI=1S/C14H19BrN2O3S/c1-16(2)7-8-17(9-14(19)20)13(18)10-21-12-5-3-11(15)4-6-12/h3-6H,7-10H2,1-2H3,(H,19,20). The second kappa shape index (κ2) is 9.07. The van der Waals surface area contributed by atoms with E-state index >= 15 is 0 Å². The number of amides is 1. The van der Waals surface area contributed by atoms with E-state index in [0.717, 1.165) is 9.37 Å². The number of thioether (sulfide) groups is 1. The predicted molar refractivity (Wildman–Crippen MR) is 87.6 cm³/mol. The van der Waals surface area contributed by atoms with Crippen LogP contribution in [0.4, 0.5) is 0 Å². The third-order valence-electron chi connectivity index (χ3n) is 2.67. The van der Waals surface area contributed by atoms with Gasteiger partial charge in [-0.3, -0.25) is 9.59 Å². The van der Waals surface area contributed by atoms with E-state index in [1.165, 1.54) is 16.7 Å². The van der Waals surface area contributed by atoms with E-state index in [0.29, 0.717) is 13.1 Å². The maximum atomic E-state index is 12.1. The Labute approximate surface area is 137 Å². The SMILES string of the molecule is CN(C)CCN(CC(=O)O)C(=O)CSc1ccc(Br)cc1. The lowest BCUT2D eigenvalue weighted by molar-refractivity contribution is -0.143. The molecular weight excluding hydrogens is 356 g/mol. The van der Waals surface area contributed by atoms with Gasteiger partial charge < -0.3 is 14.9 Å². The van der Waals surface area contributed by atoms with Gasteiger partial charge in [-0.2, -0.15) is 0 Å². The number of carboxylic acids is 1. The summed E-state index contributed by atoms with van der Waals surface area (Å²) in [4.78, 5) is 27.3. The molecule has 0 atom stereocenters. The molecule has 21 heavy (non-hydrogen) atoms. The third kappa shape index (κ3) is 7.50. The van der Waals surface area contributed by atoms with Gasteiger partial charge in [-0.15, -0.1) is 11.8 Å². The molecule has 0 unspecified atom stereocenters. The Hall–Kier alpha value is -1.05. The maximum Gasteiger partial charge on any atom is 0.323 e. The highest BCUT2D eigenvalue weighted by atomic mass is 79.9. The molecule has 0 aliphatic heterocycles. The molecule has 0 saturated heterocycles. The summed E-state index contributed by atoms with van der Waals surface area (Å²) < 4.78 is 0.983. The van der Waals surface area contributed by atoms with Crippen molar-refractivity contribution in [3.8, 4) is 0 Å². The molecule has 1 aromatic carbocycles. The second-order valence-corrected chi connectivity index (χ2v) is 6.72. The first kappa shape index (κ1) is 18.0. The summed E-state index contributed by atoms with van der Waals surface area (Å²) in [6, 6.07) is 7.66. The van der Waals surface area contributed by atoms with Crippen LogP contribution in [0.1, 0.15) is 0 Å². The molecule has 1 rings (SSSR count). The number of nitrogens with zero attached hydrogens (tertiary/aromatic N) is 2. The fraction of sp³-hybridized carbons (Fsp3) is 0.429. The minimum atomic E-state index is -0.990. The van der Waals surface area contributed by atoms with Gasteiger partial charge >= 0.3 is 5.97 Å². The number of aliphatic carboxylic acids is 1.